The van der Waals surface area contributed by atoms with Crippen molar-refractivity contribution < 1.29 is 24.4 Å². The topological polar surface area (TPSA) is 105 Å². The molecule has 0 saturated carbocycles. The molecule has 2 aromatic rings. The Morgan fingerprint density at radius 2 is 1.92 bits per heavy atom. The Morgan fingerprint density at radius 1 is 1.16 bits per heavy atom. The van der Waals surface area contributed by atoms with Crippen LogP contribution in [0.2, 0.25) is 0 Å². The molecule has 8 heteroatoms. The minimum atomic E-state index is -0.860. The molecule has 2 N–H and O–H groups in total. The number of anilines is 1. The lowest BCUT2D eigenvalue weighted by molar-refractivity contribution is -0.516. The highest BCUT2D eigenvalue weighted by Crippen LogP contribution is 2.50. The van der Waals surface area contributed by atoms with Gasteiger partial charge in [0.15, 0.2) is 13.1 Å². The maximum absolute atomic E-state index is 11.4. The van der Waals surface area contributed by atoms with Crippen molar-refractivity contribution in [2.24, 2.45) is 0 Å². The Bertz CT molecular complexity index is 1410. The zero-order valence-electron chi connectivity index (χ0n) is 21.0. The van der Waals surface area contributed by atoms with Gasteiger partial charge in [0, 0.05) is 29.4 Å². The number of hydrogen-bond donors (Lipinski definition) is 2. The van der Waals surface area contributed by atoms with Gasteiger partial charge < -0.3 is 15.1 Å². The number of thioether (sulfide) groups is 1. The Labute approximate surface area is 220 Å². The van der Waals surface area contributed by atoms with E-state index >= 15 is 0 Å². The first kappa shape index (κ1) is 26.2. The Morgan fingerprint density at radius 3 is 2.65 bits per heavy atom. The quantitative estimate of drug-likeness (QED) is 0.276. The van der Waals surface area contributed by atoms with Crippen molar-refractivity contribution in [3.8, 4) is 6.07 Å². The van der Waals surface area contributed by atoms with E-state index in [4.69, 9.17) is 5.11 Å². The van der Waals surface area contributed by atoms with E-state index < -0.39 is 17.4 Å². The molecule has 2 aliphatic rings. The van der Waals surface area contributed by atoms with Crippen molar-refractivity contribution >= 4 is 45.2 Å². The second kappa shape index (κ2) is 11.1. The second-order valence-electron chi connectivity index (χ2n) is 9.54. The fraction of sp³-hybridized carbons (Fsp3) is 0.310. The first-order valence-electron chi connectivity index (χ1n) is 12.2. The molecule has 2 aromatic carbocycles. The Balaban J connectivity index is 1.71. The van der Waals surface area contributed by atoms with Crippen molar-refractivity contribution in [2.45, 2.75) is 32.1 Å². The van der Waals surface area contributed by atoms with Crippen molar-refractivity contribution in [1.29, 1.82) is 5.26 Å². The molecule has 0 saturated heterocycles. The third kappa shape index (κ3) is 5.62. The van der Waals surface area contributed by atoms with Crippen LogP contribution in [0.25, 0.3) is 10.8 Å². The van der Waals surface area contributed by atoms with Crippen LogP contribution in [-0.2, 0) is 15.0 Å². The number of benzene rings is 2. The second-order valence-corrected chi connectivity index (χ2v) is 10.7. The summed E-state index contributed by atoms with van der Waals surface area (Å²) >= 11 is 1.65. The summed E-state index contributed by atoms with van der Waals surface area (Å²) in [6.07, 6.45) is 7.39. The number of carbonyl (C=O) groups is 2. The molecule has 2 heterocycles. The summed E-state index contributed by atoms with van der Waals surface area (Å²) in [5.41, 5.74) is 3.13. The van der Waals surface area contributed by atoms with Gasteiger partial charge in [0.1, 0.15) is 6.42 Å². The summed E-state index contributed by atoms with van der Waals surface area (Å²) in [6.45, 7) is 5.81. The summed E-state index contributed by atoms with van der Waals surface area (Å²) in [5.74, 6) is -0.806. The number of nitrogens with zero attached hydrogens (tertiary/aromatic N) is 3. The van der Waals surface area contributed by atoms with E-state index in [0.29, 0.717) is 18.7 Å². The van der Waals surface area contributed by atoms with Crippen LogP contribution in [0.3, 0.4) is 0 Å². The molecule has 0 aliphatic carbocycles. The fourth-order valence-corrected chi connectivity index (χ4v) is 6.06. The predicted octanol–water partition coefficient (Wildman–Crippen LogP) is 4.93. The minimum Gasteiger partial charge on any atom is -0.481 e. The summed E-state index contributed by atoms with van der Waals surface area (Å²) < 4.78 is 2.03. The fourth-order valence-electron chi connectivity index (χ4n) is 5.01. The van der Waals surface area contributed by atoms with Crippen LogP contribution < -0.4 is 4.90 Å². The van der Waals surface area contributed by atoms with Crippen LogP contribution in [0, 0.1) is 11.3 Å². The Hall–Kier alpha value is -3.83. The molecule has 0 amide bonds. The average molecular weight is 517 g/mol. The third-order valence-electron chi connectivity index (χ3n) is 6.78. The van der Waals surface area contributed by atoms with Crippen LogP contribution in [0.1, 0.15) is 32.3 Å². The lowest BCUT2D eigenvalue weighted by Crippen LogP contribution is -2.28. The average Bonchev–Trinajstić information content (AvgIpc) is 3.40. The predicted molar refractivity (Wildman–Crippen MR) is 147 cm³/mol. The zero-order valence-corrected chi connectivity index (χ0v) is 21.8. The molecule has 4 rings (SSSR count). The van der Waals surface area contributed by atoms with Crippen LogP contribution in [0.5, 0.6) is 0 Å². The summed E-state index contributed by atoms with van der Waals surface area (Å²) in [5, 5.41) is 31.4. The maximum Gasteiger partial charge on any atom is 0.309 e. The van der Waals surface area contributed by atoms with Gasteiger partial charge in [-0.2, -0.15) is 5.26 Å². The number of nitriles is 1. The van der Waals surface area contributed by atoms with Crippen molar-refractivity contribution in [2.75, 3.05) is 30.3 Å². The SMILES string of the molecule is CC1(C)C(=CC=C(C#N)C=CC2=[N+](CCC(=O)O)CCS2)N(CCC(=O)O)c2ccc3ccccc3c21. The van der Waals surface area contributed by atoms with Crippen LogP contribution in [0.15, 0.2) is 72.0 Å². The van der Waals surface area contributed by atoms with Gasteiger partial charge in [0.25, 0.3) is 0 Å². The number of carboxylic acids is 2. The molecular weight excluding hydrogens is 486 g/mol. The monoisotopic (exact) mass is 516 g/mol. The van der Waals surface area contributed by atoms with Gasteiger partial charge >= 0.3 is 11.9 Å². The standard InChI is InChI=1S/C29H29N3O4S/c1-29(2)24(11-7-20(19-30)8-12-25-31(17-18-37-25)15-13-26(33)34)32(16-14-27(35)36)23-10-9-21-5-3-4-6-22(21)28(23)29/h3-12H,13-18H2,1-2H3,(H-,33,34,35,36)/p+1. The van der Waals surface area contributed by atoms with Crippen molar-refractivity contribution in [3.63, 3.8) is 0 Å². The van der Waals surface area contributed by atoms with E-state index in [-0.39, 0.29) is 12.8 Å². The summed E-state index contributed by atoms with van der Waals surface area (Å²) in [6, 6.07) is 14.5. The minimum absolute atomic E-state index is 0.00384. The van der Waals surface area contributed by atoms with Gasteiger partial charge in [0.05, 0.1) is 23.8 Å². The largest absolute Gasteiger partial charge is 0.481 e. The molecule has 0 radical (unpaired) electrons. The van der Waals surface area contributed by atoms with Gasteiger partial charge in [-0.25, -0.2) is 4.58 Å². The maximum atomic E-state index is 11.4. The lowest BCUT2D eigenvalue weighted by atomic mass is 9.81. The molecule has 0 aromatic heterocycles. The highest BCUT2D eigenvalue weighted by molar-refractivity contribution is 8.14. The molecule has 0 unspecified atom stereocenters. The van der Waals surface area contributed by atoms with Crippen LogP contribution in [-0.4, -0.2) is 57.2 Å². The molecule has 0 fully saturated rings. The Kier molecular flexibility index (Phi) is 7.84. The highest BCUT2D eigenvalue weighted by atomic mass is 32.2. The van der Waals surface area contributed by atoms with E-state index in [9.17, 15) is 20.0 Å². The molecular formula is C29H30N3O4S+. The van der Waals surface area contributed by atoms with Crippen LogP contribution in [0.4, 0.5) is 5.69 Å². The number of rotatable bonds is 9. The van der Waals surface area contributed by atoms with Crippen LogP contribution >= 0.6 is 11.8 Å². The normalized spacial score (nSPS) is 18.1. The first-order valence-corrected chi connectivity index (χ1v) is 13.2. The molecule has 0 spiro atoms. The van der Waals surface area contributed by atoms with Crippen molar-refractivity contribution in [1.82, 2.24) is 0 Å². The van der Waals surface area contributed by atoms with E-state index in [0.717, 1.165) is 45.1 Å². The smallest absolute Gasteiger partial charge is 0.309 e. The molecule has 190 valence electrons. The number of allylic oxidation sites excluding steroid dienone is 5. The number of hydrogen-bond acceptors (Lipinski definition) is 5. The summed E-state index contributed by atoms with van der Waals surface area (Å²) in [4.78, 5) is 24.4. The van der Waals surface area contributed by atoms with Gasteiger partial charge in [-0.3, -0.25) is 9.59 Å². The van der Waals surface area contributed by atoms with Crippen molar-refractivity contribution in [3.05, 3.63) is 77.5 Å². The van der Waals surface area contributed by atoms with Gasteiger partial charge in [-0.05, 0) is 40.6 Å². The molecule has 0 bridgehead atoms. The number of aliphatic carboxylic acids is 2. The van der Waals surface area contributed by atoms with E-state index in [1.165, 1.54) is 0 Å². The third-order valence-corrected chi connectivity index (χ3v) is 7.85. The highest BCUT2D eigenvalue weighted by Gasteiger charge is 2.41. The first-order chi connectivity index (χ1) is 17.7. The van der Waals surface area contributed by atoms with Gasteiger partial charge in [0.2, 0.25) is 5.04 Å². The zero-order chi connectivity index (χ0) is 26.6. The summed E-state index contributed by atoms with van der Waals surface area (Å²) in [7, 11) is 0. The van der Waals surface area contributed by atoms with E-state index in [2.05, 4.69) is 49.1 Å². The van der Waals surface area contributed by atoms with E-state index in [1.807, 2.05) is 28.9 Å². The molecule has 2 aliphatic heterocycles. The van der Waals surface area contributed by atoms with Gasteiger partial charge in [-0.1, -0.05) is 55.9 Å². The number of fused-ring (bicyclic) bond motifs is 3. The number of carboxylic acid groups (broad SMARTS) is 2. The lowest BCUT2D eigenvalue weighted by Gasteiger charge is -2.26. The van der Waals surface area contributed by atoms with Gasteiger partial charge in [-0.15, -0.1) is 0 Å². The molecule has 37 heavy (non-hydrogen) atoms. The molecule has 0 atom stereocenters. The van der Waals surface area contributed by atoms with E-state index in [1.54, 1.807) is 23.9 Å². The molecule has 7 nitrogen and oxygen atoms in total.